The van der Waals surface area contributed by atoms with E-state index in [4.69, 9.17) is 0 Å². The highest BCUT2D eigenvalue weighted by Crippen LogP contribution is 2.25. The SMILES string of the molecule is CCC(O)CCNc1cc(C(=O)OC)ccc1[N+](=O)[O-]. The second kappa shape index (κ2) is 7.44. The highest BCUT2D eigenvalue weighted by atomic mass is 16.6. The molecular formula is C13H18N2O5. The molecule has 7 heteroatoms. The fraction of sp³-hybridized carbons (Fsp3) is 0.462. The molecule has 0 aromatic heterocycles. The van der Waals surface area contributed by atoms with Crippen molar-refractivity contribution >= 4 is 17.3 Å². The van der Waals surface area contributed by atoms with Crippen LogP contribution in [0.15, 0.2) is 18.2 Å². The minimum atomic E-state index is -0.559. The van der Waals surface area contributed by atoms with Crippen LogP contribution in [0.1, 0.15) is 30.1 Å². The Bertz CT molecular complexity index is 490. The zero-order valence-electron chi connectivity index (χ0n) is 11.5. The summed E-state index contributed by atoms with van der Waals surface area (Å²) in [5.74, 6) is -0.559. The molecule has 2 N–H and O–H groups in total. The van der Waals surface area contributed by atoms with Crippen molar-refractivity contribution < 1.29 is 19.6 Å². The van der Waals surface area contributed by atoms with Crippen LogP contribution in [0.2, 0.25) is 0 Å². The van der Waals surface area contributed by atoms with Crippen molar-refractivity contribution in [2.45, 2.75) is 25.9 Å². The normalized spacial score (nSPS) is 11.8. The molecule has 0 saturated carbocycles. The standard InChI is InChI=1S/C13H18N2O5/c1-3-10(16)6-7-14-11-8-9(13(17)20-2)4-5-12(11)15(18)19/h4-5,8,10,14,16H,3,6-7H2,1-2H3. The molecule has 0 saturated heterocycles. The summed E-state index contributed by atoms with van der Waals surface area (Å²) in [6.45, 7) is 2.23. The van der Waals surface area contributed by atoms with E-state index in [0.29, 0.717) is 19.4 Å². The number of nitro benzene ring substituents is 1. The lowest BCUT2D eigenvalue weighted by Crippen LogP contribution is -2.13. The minimum absolute atomic E-state index is 0.122. The molecule has 1 aromatic rings. The summed E-state index contributed by atoms with van der Waals surface area (Å²) in [7, 11) is 1.24. The summed E-state index contributed by atoms with van der Waals surface area (Å²) in [6.07, 6.45) is 0.632. The van der Waals surface area contributed by atoms with Gasteiger partial charge in [0.25, 0.3) is 5.69 Å². The van der Waals surface area contributed by atoms with E-state index in [9.17, 15) is 20.0 Å². The average Bonchev–Trinajstić information content (AvgIpc) is 2.45. The highest BCUT2D eigenvalue weighted by molar-refractivity contribution is 5.91. The molecule has 110 valence electrons. The Balaban J connectivity index is 2.89. The molecule has 0 aliphatic carbocycles. The van der Waals surface area contributed by atoms with Crippen molar-refractivity contribution in [1.29, 1.82) is 0 Å². The van der Waals surface area contributed by atoms with Gasteiger partial charge in [-0.3, -0.25) is 10.1 Å². The van der Waals surface area contributed by atoms with Gasteiger partial charge >= 0.3 is 5.97 Å². The first-order valence-corrected chi connectivity index (χ1v) is 6.28. The Hall–Kier alpha value is -2.15. The van der Waals surface area contributed by atoms with Crippen LogP contribution in [-0.2, 0) is 4.74 Å². The van der Waals surface area contributed by atoms with E-state index >= 15 is 0 Å². The maximum atomic E-state index is 11.4. The van der Waals surface area contributed by atoms with Gasteiger partial charge in [0.1, 0.15) is 5.69 Å². The maximum Gasteiger partial charge on any atom is 0.337 e. The molecule has 0 heterocycles. The van der Waals surface area contributed by atoms with Gasteiger partial charge in [-0.1, -0.05) is 6.92 Å². The van der Waals surface area contributed by atoms with Crippen LogP contribution < -0.4 is 5.32 Å². The van der Waals surface area contributed by atoms with Crippen LogP contribution in [0.5, 0.6) is 0 Å². The van der Waals surface area contributed by atoms with E-state index < -0.39 is 17.0 Å². The minimum Gasteiger partial charge on any atom is -0.465 e. The molecule has 1 atom stereocenters. The second-order valence-corrected chi connectivity index (χ2v) is 4.26. The number of hydrogen-bond donors (Lipinski definition) is 2. The van der Waals surface area contributed by atoms with Gasteiger partial charge in [-0.25, -0.2) is 4.79 Å². The van der Waals surface area contributed by atoms with Crippen LogP contribution in [0, 0.1) is 10.1 Å². The summed E-state index contributed by atoms with van der Waals surface area (Å²) in [5, 5.41) is 23.2. The van der Waals surface area contributed by atoms with E-state index in [2.05, 4.69) is 10.1 Å². The van der Waals surface area contributed by atoms with Crippen molar-refractivity contribution in [2.75, 3.05) is 19.0 Å². The second-order valence-electron chi connectivity index (χ2n) is 4.26. The molecule has 20 heavy (non-hydrogen) atoms. The molecule has 0 aliphatic rings. The molecule has 1 unspecified atom stereocenters. The van der Waals surface area contributed by atoms with Crippen molar-refractivity contribution in [2.24, 2.45) is 0 Å². The number of rotatable bonds is 7. The number of nitrogens with zero attached hydrogens (tertiary/aromatic N) is 1. The summed E-state index contributed by atoms with van der Waals surface area (Å²) >= 11 is 0. The molecular weight excluding hydrogens is 264 g/mol. The number of carbonyl (C=O) groups excluding carboxylic acids is 1. The molecule has 0 aliphatic heterocycles. The highest BCUT2D eigenvalue weighted by Gasteiger charge is 2.17. The monoisotopic (exact) mass is 282 g/mol. The van der Waals surface area contributed by atoms with Crippen LogP contribution in [0.25, 0.3) is 0 Å². The first kappa shape index (κ1) is 15.9. The fourth-order valence-electron chi connectivity index (χ4n) is 1.66. The Kier molecular flexibility index (Phi) is 5.92. The Labute approximate surface area is 116 Å². The fourth-order valence-corrected chi connectivity index (χ4v) is 1.66. The van der Waals surface area contributed by atoms with Gasteiger partial charge < -0.3 is 15.2 Å². The molecule has 0 spiro atoms. The Morgan fingerprint density at radius 1 is 1.55 bits per heavy atom. The van der Waals surface area contributed by atoms with Gasteiger partial charge in [-0.05, 0) is 25.0 Å². The van der Waals surface area contributed by atoms with E-state index in [1.807, 2.05) is 6.92 Å². The number of hydrogen-bond acceptors (Lipinski definition) is 6. The topological polar surface area (TPSA) is 102 Å². The molecule has 1 aromatic carbocycles. The summed E-state index contributed by atoms with van der Waals surface area (Å²) in [6, 6.07) is 3.98. The van der Waals surface area contributed by atoms with Crippen LogP contribution in [0.4, 0.5) is 11.4 Å². The first-order chi connectivity index (χ1) is 9.49. The molecule has 7 nitrogen and oxygen atoms in total. The van der Waals surface area contributed by atoms with Crippen molar-refractivity contribution in [1.82, 2.24) is 0 Å². The van der Waals surface area contributed by atoms with Crippen molar-refractivity contribution in [3.8, 4) is 0 Å². The van der Waals surface area contributed by atoms with Crippen LogP contribution >= 0.6 is 0 Å². The summed E-state index contributed by atoms with van der Waals surface area (Å²) in [5.41, 5.74) is 0.349. The summed E-state index contributed by atoms with van der Waals surface area (Å²) < 4.78 is 4.58. The smallest absolute Gasteiger partial charge is 0.337 e. The number of anilines is 1. The zero-order chi connectivity index (χ0) is 15.1. The van der Waals surface area contributed by atoms with E-state index in [-0.39, 0.29) is 16.9 Å². The molecule has 0 bridgehead atoms. The number of aliphatic hydroxyl groups is 1. The predicted molar refractivity (Wildman–Crippen MR) is 73.8 cm³/mol. The van der Waals surface area contributed by atoms with Gasteiger partial charge in [0.15, 0.2) is 0 Å². The first-order valence-electron chi connectivity index (χ1n) is 6.28. The predicted octanol–water partition coefficient (Wildman–Crippen LogP) is 1.95. The quantitative estimate of drug-likeness (QED) is 0.450. The van der Waals surface area contributed by atoms with Gasteiger partial charge in [-0.15, -0.1) is 0 Å². The van der Waals surface area contributed by atoms with Gasteiger partial charge in [-0.2, -0.15) is 0 Å². The third-order valence-electron chi connectivity index (χ3n) is 2.88. The number of benzene rings is 1. The third kappa shape index (κ3) is 4.20. The lowest BCUT2D eigenvalue weighted by molar-refractivity contribution is -0.384. The number of aliphatic hydroxyl groups excluding tert-OH is 1. The molecule has 0 radical (unpaired) electrons. The van der Waals surface area contributed by atoms with Crippen LogP contribution in [-0.4, -0.2) is 35.8 Å². The Morgan fingerprint density at radius 2 is 2.25 bits per heavy atom. The van der Waals surface area contributed by atoms with Crippen molar-refractivity contribution in [3.05, 3.63) is 33.9 Å². The van der Waals surface area contributed by atoms with E-state index in [1.165, 1.54) is 25.3 Å². The maximum absolute atomic E-state index is 11.4. The molecule has 0 amide bonds. The number of nitro groups is 1. The number of esters is 1. The van der Waals surface area contributed by atoms with E-state index in [1.54, 1.807) is 0 Å². The largest absolute Gasteiger partial charge is 0.465 e. The third-order valence-corrected chi connectivity index (χ3v) is 2.88. The number of methoxy groups -OCH3 is 1. The van der Waals surface area contributed by atoms with Gasteiger partial charge in [0.05, 0.1) is 23.7 Å². The number of nitrogens with one attached hydrogen (secondary N) is 1. The van der Waals surface area contributed by atoms with Crippen molar-refractivity contribution in [3.63, 3.8) is 0 Å². The zero-order valence-corrected chi connectivity index (χ0v) is 11.5. The molecule has 1 rings (SSSR count). The average molecular weight is 282 g/mol. The van der Waals surface area contributed by atoms with Gasteiger partial charge in [0.2, 0.25) is 0 Å². The van der Waals surface area contributed by atoms with E-state index in [0.717, 1.165) is 0 Å². The lowest BCUT2D eigenvalue weighted by atomic mass is 10.1. The summed E-state index contributed by atoms with van der Waals surface area (Å²) in [4.78, 5) is 21.8. The number of ether oxygens (including phenoxy) is 1. The molecule has 0 fully saturated rings. The number of carbonyl (C=O) groups is 1. The van der Waals surface area contributed by atoms with Crippen LogP contribution in [0.3, 0.4) is 0 Å². The van der Waals surface area contributed by atoms with Gasteiger partial charge in [0, 0.05) is 12.6 Å². The Morgan fingerprint density at radius 3 is 2.80 bits per heavy atom. The lowest BCUT2D eigenvalue weighted by Gasteiger charge is -2.11.